The Labute approximate surface area is 125 Å². The quantitative estimate of drug-likeness (QED) is 0.845. The molecule has 1 aliphatic rings. The summed E-state index contributed by atoms with van der Waals surface area (Å²) in [5, 5.41) is 3.35. The van der Waals surface area contributed by atoms with Crippen LogP contribution in [-0.4, -0.2) is 32.1 Å². The van der Waals surface area contributed by atoms with Crippen LogP contribution in [0.5, 0.6) is 0 Å². The average molecular weight is 293 g/mol. The number of amides is 1. The Hall–Kier alpha value is -1.62. The zero-order valence-electron chi connectivity index (χ0n) is 12.6. The molecule has 0 saturated carbocycles. The van der Waals surface area contributed by atoms with Gasteiger partial charge in [0.2, 0.25) is 5.91 Å². The molecule has 1 amide bonds. The number of hydrogen-bond donors (Lipinski definition) is 2. The highest BCUT2D eigenvalue weighted by Gasteiger charge is 2.19. The van der Waals surface area contributed by atoms with E-state index in [9.17, 15) is 9.18 Å². The van der Waals surface area contributed by atoms with Crippen LogP contribution < -0.4 is 16.0 Å². The molecule has 0 aromatic heterocycles. The van der Waals surface area contributed by atoms with E-state index in [0.29, 0.717) is 11.6 Å². The van der Waals surface area contributed by atoms with Crippen molar-refractivity contribution in [2.24, 2.45) is 11.7 Å². The molecule has 0 radical (unpaired) electrons. The van der Waals surface area contributed by atoms with Gasteiger partial charge < -0.3 is 16.0 Å². The number of nitrogens with two attached hydrogens (primary N) is 1. The molecule has 0 atom stereocenters. The molecule has 1 aromatic rings. The summed E-state index contributed by atoms with van der Waals surface area (Å²) in [6.07, 6.45) is 3.21. The minimum absolute atomic E-state index is 0.217. The van der Waals surface area contributed by atoms with Crippen molar-refractivity contribution >= 4 is 11.6 Å². The van der Waals surface area contributed by atoms with Crippen LogP contribution in [0.2, 0.25) is 0 Å². The fourth-order valence-electron chi connectivity index (χ4n) is 2.87. The molecule has 1 fully saturated rings. The van der Waals surface area contributed by atoms with Crippen molar-refractivity contribution in [3.8, 4) is 0 Å². The number of carbonyl (C=O) groups is 1. The number of primary amides is 1. The van der Waals surface area contributed by atoms with Crippen molar-refractivity contribution in [1.29, 1.82) is 0 Å². The number of rotatable bonds is 6. The van der Waals surface area contributed by atoms with E-state index in [-0.39, 0.29) is 11.4 Å². The molecule has 1 heterocycles. The maximum absolute atomic E-state index is 14.3. The highest BCUT2D eigenvalue weighted by molar-refractivity contribution is 5.93. The van der Waals surface area contributed by atoms with E-state index in [1.807, 2.05) is 0 Å². The zero-order chi connectivity index (χ0) is 15.2. The molecule has 0 spiro atoms. The van der Waals surface area contributed by atoms with Crippen molar-refractivity contribution in [3.63, 3.8) is 0 Å². The largest absolute Gasteiger partial charge is 0.369 e. The predicted octanol–water partition coefficient (Wildman–Crippen LogP) is 2.14. The number of benzene rings is 1. The van der Waals surface area contributed by atoms with Gasteiger partial charge in [-0.3, -0.25) is 4.79 Å². The van der Waals surface area contributed by atoms with Gasteiger partial charge in [0, 0.05) is 18.7 Å². The molecule has 3 N–H and O–H groups in total. The van der Waals surface area contributed by atoms with Crippen molar-refractivity contribution in [3.05, 3.63) is 29.6 Å². The second-order valence-electron chi connectivity index (χ2n) is 5.67. The molecular weight excluding hydrogens is 269 g/mol. The standard InChI is InChI=1S/C16H24FN3O/c1-2-9-20(11-12-5-7-19-8-6-12)15-4-3-13(16(18)21)10-14(15)17/h3-4,10,12,19H,2,5-9,11H2,1H3,(H2,18,21). The van der Waals surface area contributed by atoms with Gasteiger partial charge in [0.1, 0.15) is 5.82 Å². The SMILES string of the molecule is CCCN(CC1CCNCC1)c1ccc(C(N)=O)cc1F. The molecule has 4 nitrogen and oxygen atoms in total. The fourth-order valence-corrected chi connectivity index (χ4v) is 2.87. The van der Waals surface area contributed by atoms with Crippen molar-refractivity contribution in [2.75, 3.05) is 31.1 Å². The van der Waals surface area contributed by atoms with Crippen LogP contribution in [0.3, 0.4) is 0 Å². The molecule has 5 heteroatoms. The van der Waals surface area contributed by atoms with E-state index < -0.39 is 5.91 Å². The summed E-state index contributed by atoms with van der Waals surface area (Å²) in [5.41, 5.74) is 5.98. The van der Waals surface area contributed by atoms with Gasteiger partial charge in [-0.15, -0.1) is 0 Å². The Morgan fingerprint density at radius 3 is 2.71 bits per heavy atom. The van der Waals surface area contributed by atoms with Gasteiger partial charge in [-0.2, -0.15) is 0 Å². The lowest BCUT2D eigenvalue weighted by atomic mass is 9.97. The van der Waals surface area contributed by atoms with Crippen LogP contribution in [0.15, 0.2) is 18.2 Å². The summed E-state index contributed by atoms with van der Waals surface area (Å²) in [6, 6.07) is 4.51. The first kappa shape index (κ1) is 15.8. The normalized spacial score (nSPS) is 15.9. The minimum Gasteiger partial charge on any atom is -0.369 e. The number of nitrogens with one attached hydrogen (secondary N) is 1. The van der Waals surface area contributed by atoms with E-state index >= 15 is 0 Å². The first-order valence-electron chi connectivity index (χ1n) is 7.66. The number of piperidine rings is 1. The third-order valence-electron chi connectivity index (χ3n) is 4.00. The molecular formula is C16H24FN3O. The maximum Gasteiger partial charge on any atom is 0.248 e. The van der Waals surface area contributed by atoms with Crippen LogP contribution in [-0.2, 0) is 0 Å². The Bertz CT molecular complexity index is 486. The monoisotopic (exact) mass is 293 g/mol. The molecule has 1 saturated heterocycles. The van der Waals surface area contributed by atoms with Gasteiger partial charge in [-0.05, 0) is 56.5 Å². The number of hydrogen-bond acceptors (Lipinski definition) is 3. The van der Waals surface area contributed by atoms with Crippen molar-refractivity contribution in [2.45, 2.75) is 26.2 Å². The molecule has 21 heavy (non-hydrogen) atoms. The van der Waals surface area contributed by atoms with Gasteiger partial charge in [0.15, 0.2) is 0 Å². The predicted molar refractivity (Wildman–Crippen MR) is 83.0 cm³/mol. The third-order valence-corrected chi connectivity index (χ3v) is 4.00. The first-order chi connectivity index (χ1) is 10.1. The summed E-state index contributed by atoms with van der Waals surface area (Å²) < 4.78 is 14.3. The van der Waals surface area contributed by atoms with Gasteiger partial charge >= 0.3 is 0 Å². The highest BCUT2D eigenvalue weighted by Crippen LogP contribution is 2.24. The van der Waals surface area contributed by atoms with E-state index in [1.54, 1.807) is 12.1 Å². The Balaban J connectivity index is 2.14. The lowest BCUT2D eigenvalue weighted by molar-refractivity contribution is 0.1000. The smallest absolute Gasteiger partial charge is 0.248 e. The van der Waals surface area contributed by atoms with E-state index in [1.165, 1.54) is 6.07 Å². The first-order valence-corrected chi connectivity index (χ1v) is 7.66. The van der Waals surface area contributed by atoms with E-state index in [0.717, 1.165) is 45.4 Å². The lowest BCUT2D eigenvalue weighted by Gasteiger charge is -2.31. The summed E-state index contributed by atoms with van der Waals surface area (Å²) in [7, 11) is 0. The lowest BCUT2D eigenvalue weighted by Crippen LogP contribution is -2.37. The molecule has 0 bridgehead atoms. The van der Waals surface area contributed by atoms with Crippen molar-refractivity contribution < 1.29 is 9.18 Å². The number of halogens is 1. The third kappa shape index (κ3) is 4.17. The summed E-state index contributed by atoms with van der Waals surface area (Å²) in [4.78, 5) is 13.2. The molecule has 2 rings (SSSR count). The van der Waals surface area contributed by atoms with Crippen molar-refractivity contribution in [1.82, 2.24) is 5.32 Å². The number of nitrogens with zero attached hydrogens (tertiary/aromatic N) is 1. The Morgan fingerprint density at radius 1 is 1.43 bits per heavy atom. The van der Waals surface area contributed by atoms with Crippen LogP contribution >= 0.6 is 0 Å². The topological polar surface area (TPSA) is 58.4 Å². The Morgan fingerprint density at radius 2 is 2.14 bits per heavy atom. The average Bonchev–Trinajstić information content (AvgIpc) is 2.48. The maximum atomic E-state index is 14.3. The molecule has 0 unspecified atom stereocenters. The molecule has 0 aliphatic carbocycles. The zero-order valence-corrected chi connectivity index (χ0v) is 12.6. The van der Waals surface area contributed by atoms with Crippen LogP contribution in [0.4, 0.5) is 10.1 Å². The molecule has 1 aliphatic heterocycles. The second-order valence-corrected chi connectivity index (χ2v) is 5.67. The highest BCUT2D eigenvalue weighted by atomic mass is 19.1. The van der Waals surface area contributed by atoms with Crippen LogP contribution in [0, 0.1) is 11.7 Å². The fraction of sp³-hybridized carbons (Fsp3) is 0.562. The summed E-state index contributed by atoms with van der Waals surface area (Å²) >= 11 is 0. The number of anilines is 1. The van der Waals surface area contributed by atoms with E-state index in [4.69, 9.17) is 5.73 Å². The Kier molecular flexibility index (Phi) is 5.56. The second kappa shape index (κ2) is 7.41. The van der Waals surface area contributed by atoms with Gasteiger partial charge in [-0.1, -0.05) is 6.92 Å². The minimum atomic E-state index is -0.596. The summed E-state index contributed by atoms with van der Waals surface area (Å²) in [6.45, 7) is 5.84. The van der Waals surface area contributed by atoms with Gasteiger partial charge in [-0.25, -0.2) is 4.39 Å². The molecule has 1 aromatic carbocycles. The van der Waals surface area contributed by atoms with Gasteiger partial charge in [0.25, 0.3) is 0 Å². The molecule has 116 valence electrons. The van der Waals surface area contributed by atoms with Crippen LogP contribution in [0.25, 0.3) is 0 Å². The van der Waals surface area contributed by atoms with E-state index in [2.05, 4.69) is 17.1 Å². The van der Waals surface area contributed by atoms with Crippen LogP contribution in [0.1, 0.15) is 36.5 Å². The number of carbonyl (C=O) groups excluding carboxylic acids is 1. The van der Waals surface area contributed by atoms with Gasteiger partial charge in [0.05, 0.1) is 5.69 Å². The summed E-state index contributed by atoms with van der Waals surface area (Å²) in [5.74, 6) is -0.373.